The smallest absolute Gasteiger partial charge is 0.372 e. The number of carboxylic acid groups (broad SMARTS) is 1. The molecule has 17 heavy (non-hydrogen) atoms. The van der Waals surface area contributed by atoms with Crippen LogP contribution in [0.4, 0.5) is 0 Å². The number of hydrogen-bond donors (Lipinski definition) is 1. The molecule has 1 N–H and O–H groups in total. The number of likely N-dealkylation sites (tertiary alicyclic amines) is 1. The summed E-state index contributed by atoms with van der Waals surface area (Å²) in [5.74, 6) is 1.23. The predicted octanol–water partition coefficient (Wildman–Crippen LogP) is 2.37. The van der Waals surface area contributed by atoms with Gasteiger partial charge in [-0.05, 0) is 24.8 Å². The average molecular weight is 237 g/mol. The Morgan fingerprint density at radius 3 is 2.53 bits per heavy atom. The van der Waals surface area contributed by atoms with E-state index in [1.165, 1.54) is 0 Å². The summed E-state index contributed by atoms with van der Waals surface area (Å²) >= 11 is 0. The van der Waals surface area contributed by atoms with E-state index in [0.717, 1.165) is 18.8 Å². The van der Waals surface area contributed by atoms with Gasteiger partial charge in [0.2, 0.25) is 5.76 Å². The molecule has 1 aromatic heterocycles. The molecule has 1 fully saturated rings. The molecule has 4 heteroatoms. The summed E-state index contributed by atoms with van der Waals surface area (Å²) in [7, 11) is 0. The highest BCUT2D eigenvalue weighted by atomic mass is 16.4. The molecule has 4 nitrogen and oxygen atoms in total. The van der Waals surface area contributed by atoms with Crippen LogP contribution < -0.4 is 0 Å². The fourth-order valence-corrected chi connectivity index (χ4v) is 2.44. The maximum absolute atomic E-state index is 10.9. The van der Waals surface area contributed by atoms with Crippen molar-refractivity contribution in [2.45, 2.75) is 27.3 Å². The summed E-state index contributed by atoms with van der Waals surface area (Å²) in [5.41, 5.74) is 0.702. The van der Waals surface area contributed by atoms with Gasteiger partial charge in [-0.3, -0.25) is 4.90 Å². The van der Waals surface area contributed by atoms with Gasteiger partial charge in [0.25, 0.3) is 0 Å². The van der Waals surface area contributed by atoms with Crippen LogP contribution in [-0.2, 0) is 6.54 Å². The number of hydrogen-bond acceptors (Lipinski definition) is 3. The van der Waals surface area contributed by atoms with E-state index in [1.54, 1.807) is 6.92 Å². The third-order valence-electron chi connectivity index (χ3n) is 3.61. The third kappa shape index (κ3) is 2.52. The Labute approximate surface area is 101 Å². The van der Waals surface area contributed by atoms with Crippen LogP contribution in [0, 0.1) is 18.8 Å². The number of rotatable bonds is 3. The van der Waals surface area contributed by atoms with Gasteiger partial charge in [0.15, 0.2) is 0 Å². The second-order valence-electron chi connectivity index (χ2n) is 5.18. The first kappa shape index (κ1) is 12.2. The number of carbonyl (C=O) groups is 1. The molecule has 0 bridgehead atoms. The van der Waals surface area contributed by atoms with Crippen molar-refractivity contribution in [2.75, 3.05) is 13.1 Å². The molecule has 0 amide bonds. The molecular weight excluding hydrogens is 218 g/mol. The summed E-state index contributed by atoms with van der Waals surface area (Å²) in [4.78, 5) is 13.2. The molecule has 2 heterocycles. The first-order valence-electron chi connectivity index (χ1n) is 6.02. The summed E-state index contributed by atoms with van der Waals surface area (Å²) in [6.07, 6.45) is 0. The van der Waals surface area contributed by atoms with Crippen LogP contribution in [0.5, 0.6) is 0 Å². The molecule has 0 aliphatic carbocycles. The molecule has 94 valence electrons. The number of furan rings is 1. The van der Waals surface area contributed by atoms with Crippen molar-refractivity contribution in [3.8, 4) is 0 Å². The average Bonchev–Trinajstić information content (AvgIpc) is 2.72. The van der Waals surface area contributed by atoms with E-state index in [2.05, 4.69) is 18.7 Å². The second kappa shape index (κ2) is 4.53. The lowest BCUT2D eigenvalue weighted by Crippen LogP contribution is -2.19. The van der Waals surface area contributed by atoms with Gasteiger partial charge in [0, 0.05) is 18.7 Å². The Kier molecular flexibility index (Phi) is 3.24. The van der Waals surface area contributed by atoms with Crippen LogP contribution in [0.3, 0.4) is 0 Å². The molecule has 0 aromatic carbocycles. The van der Waals surface area contributed by atoms with E-state index in [-0.39, 0.29) is 5.76 Å². The fourth-order valence-electron chi connectivity index (χ4n) is 2.44. The topological polar surface area (TPSA) is 53.7 Å². The summed E-state index contributed by atoms with van der Waals surface area (Å²) < 4.78 is 5.37. The zero-order valence-electron chi connectivity index (χ0n) is 10.6. The summed E-state index contributed by atoms with van der Waals surface area (Å²) in [6.45, 7) is 9.10. The Balaban J connectivity index is 2.05. The van der Waals surface area contributed by atoms with Crippen LogP contribution in [-0.4, -0.2) is 29.1 Å². The van der Waals surface area contributed by atoms with Crippen molar-refractivity contribution in [3.05, 3.63) is 23.2 Å². The third-order valence-corrected chi connectivity index (χ3v) is 3.61. The maximum atomic E-state index is 10.9. The number of carboxylic acids is 1. The van der Waals surface area contributed by atoms with Gasteiger partial charge < -0.3 is 9.52 Å². The first-order chi connectivity index (χ1) is 7.97. The lowest BCUT2D eigenvalue weighted by molar-refractivity contribution is 0.0657. The van der Waals surface area contributed by atoms with Crippen molar-refractivity contribution in [2.24, 2.45) is 11.8 Å². The van der Waals surface area contributed by atoms with E-state index in [9.17, 15) is 4.79 Å². The van der Waals surface area contributed by atoms with Crippen LogP contribution in [0.2, 0.25) is 0 Å². The van der Waals surface area contributed by atoms with Gasteiger partial charge in [0.1, 0.15) is 5.76 Å². The zero-order valence-corrected chi connectivity index (χ0v) is 10.6. The molecule has 0 radical (unpaired) electrons. The van der Waals surface area contributed by atoms with E-state index < -0.39 is 5.97 Å². The summed E-state index contributed by atoms with van der Waals surface area (Å²) in [5, 5.41) is 8.92. The van der Waals surface area contributed by atoms with Crippen LogP contribution in [0.25, 0.3) is 0 Å². The molecule has 1 aliphatic rings. The molecule has 2 rings (SSSR count). The molecule has 1 aliphatic heterocycles. The van der Waals surface area contributed by atoms with Gasteiger partial charge in [0.05, 0.1) is 6.54 Å². The van der Waals surface area contributed by atoms with Crippen molar-refractivity contribution < 1.29 is 14.3 Å². The molecular formula is C13H19NO3. The molecule has 2 unspecified atom stereocenters. The predicted molar refractivity (Wildman–Crippen MR) is 64.0 cm³/mol. The zero-order chi connectivity index (χ0) is 12.6. The number of aryl methyl sites for hydroxylation is 1. The van der Waals surface area contributed by atoms with Gasteiger partial charge in [-0.25, -0.2) is 4.79 Å². The SMILES string of the molecule is Cc1cc(CN2CC(C)C(C)C2)oc1C(=O)O. The van der Waals surface area contributed by atoms with E-state index in [1.807, 2.05) is 6.07 Å². The monoisotopic (exact) mass is 237 g/mol. The normalized spacial score (nSPS) is 25.4. The van der Waals surface area contributed by atoms with Crippen LogP contribution in [0.1, 0.15) is 35.7 Å². The van der Waals surface area contributed by atoms with E-state index in [0.29, 0.717) is 23.9 Å². The fraction of sp³-hybridized carbons (Fsp3) is 0.615. The molecule has 0 saturated carbocycles. The lowest BCUT2D eigenvalue weighted by Gasteiger charge is -2.12. The minimum absolute atomic E-state index is 0.0697. The standard InChI is InChI=1S/C13H19NO3/c1-8-4-11(17-12(8)13(15)16)7-14-5-9(2)10(3)6-14/h4,9-10H,5-7H2,1-3H3,(H,15,16). The van der Waals surface area contributed by atoms with Crippen molar-refractivity contribution >= 4 is 5.97 Å². The van der Waals surface area contributed by atoms with Crippen molar-refractivity contribution in [1.29, 1.82) is 0 Å². The Bertz CT molecular complexity index is 414. The van der Waals surface area contributed by atoms with Crippen LogP contribution >= 0.6 is 0 Å². The Morgan fingerprint density at radius 2 is 2.06 bits per heavy atom. The van der Waals surface area contributed by atoms with Gasteiger partial charge in [-0.1, -0.05) is 13.8 Å². The largest absolute Gasteiger partial charge is 0.475 e. The maximum Gasteiger partial charge on any atom is 0.372 e. The van der Waals surface area contributed by atoms with Gasteiger partial charge >= 0.3 is 5.97 Å². The first-order valence-corrected chi connectivity index (χ1v) is 6.02. The van der Waals surface area contributed by atoms with E-state index in [4.69, 9.17) is 9.52 Å². The van der Waals surface area contributed by atoms with Crippen molar-refractivity contribution in [3.63, 3.8) is 0 Å². The lowest BCUT2D eigenvalue weighted by atomic mass is 10.0. The molecule has 1 saturated heterocycles. The second-order valence-corrected chi connectivity index (χ2v) is 5.18. The van der Waals surface area contributed by atoms with Crippen molar-refractivity contribution in [1.82, 2.24) is 4.90 Å². The minimum atomic E-state index is -0.989. The van der Waals surface area contributed by atoms with E-state index >= 15 is 0 Å². The van der Waals surface area contributed by atoms with Gasteiger partial charge in [-0.2, -0.15) is 0 Å². The Hall–Kier alpha value is -1.29. The highest BCUT2D eigenvalue weighted by Crippen LogP contribution is 2.25. The minimum Gasteiger partial charge on any atom is -0.475 e. The number of nitrogens with zero attached hydrogens (tertiary/aromatic N) is 1. The molecule has 0 spiro atoms. The molecule has 1 aromatic rings. The van der Waals surface area contributed by atoms with Crippen LogP contribution in [0.15, 0.2) is 10.5 Å². The summed E-state index contributed by atoms with van der Waals surface area (Å²) in [6, 6.07) is 1.83. The highest BCUT2D eigenvalue weighted by molar-refractivity contribution is 5.86. The quantitative estimate of drug-likeness (QED) is 0.877. The molecule has 2 atom stereocenters. The van der Waals surface area contributed by atoms with Gasteiger partial charge in [-0.15, -0.1) is 0 Å². The number of aromatic carboxylic acids is 1. The highest BCUT2D eigenvalue weighted by Gasteiger charge is 2.27. The Morgan fingerprint density at radius 1 is 1.47 bits per heavy atom.